The molecule has 5 heteroatoms. The first-order chi connectivity index (χ1) is 11.3. The van der Waals surface area contributed by atoms with Gasteiger partial charge >= 0.3 is 0 Å². The van der Waals surface area contributed by atoms with Crippen molar-refractivity contribution in [1.29, 1.82) is 0 Å². The van der Waals surface area contributed by atoms with Crippen LogP contribution in [0.4, 0.5) is 0 Å². The Morgan fingerprint density at radius 1 is 1.30 bits per heavy atom. The average molecular weight is 313 g/mol. The fourth-order valence-corrected chi connectivity index (χ4v) is 6.16. The minimum Gasteiger partial charge on any atom is -0.388 e. The molecule has 2 saturated carbocycles. The van der Waals surface area contributed by atoms with Crippen LogP contribution in [0, 0.1) is 23.7 Å². The smallest absolute Gasteiger partial charge is 0.137 e. The molecule has 0 amide bonds. The van der Waals surface area contributed by atoms with Gasteiger partial charge in [0.2, 0.25) is 0 Å². The Kier molecular flexibility index (Phi) is 3.25. The van der Waals surface area contributed by atoms with Crippen molar-refractivity contribution in [2.45, 2.75) is 50.7 Å². The van der Waals surface area contributed by atoms with Gasteiger partial charge in [-0.15, -0.1) is 0 Å². The maximum atomic E-state index is 4.32. The molecule has 2 aliphatic heterocycles. The van der Waals surface area contributed by atoms with Crippen molar-refractivity contribution in [3.63, 3.8) is 0 Å². The molecule has 0 radical (unpaired) electrons. The molecule has 2 aliphatic carbocycles. The lowest BCUT2D eigenvalue weighted by Crippen LogP contribution is -2.56. The van der Waals surface area contributed by atoms with Crippen LogP contribution in [-0.4, -0.2) is 45.3 Å². The maximum Gasteiger partial charge on any atom is 0.137 e. The molecule has 3 fully saturated rings. The van der Waals surface area contributed by atoms with Gasteiger partial charge in [-0.25, -0.2) is 4.98 Å². The van der Waals surface area contributed by atoms with Gasteiger partial charge in [0.15, 0.2) is 0 Å². The van der Waals surface area contributed by atoms with E-state index in [4.69, 9.17) is 0 Å². The molecule has 1 aromatic rings. The van der Waals surface area contributed by atoms with Crippen LogP contribution in [0.1, 0.15) is 32.1 Å². The lowest BCUT2D eigenvalue weighted by Gasteiger charge is -2.53. The van der Waals surface area contributed by atoms with E-state index in [1.165, 1.54) is 38.6 Å². The van der Waals surface area contributed by atoms with Gasteiger partial charge in [0.1, 0.15) is 12.7 Å². The summed E-state index contributed by atoms with van der Waals surface area (Å²) < 4.78 is 2.02. The highest BCUT2D eigenvalue weighted by molar-refractivity contribution is 5.24. The SMILES string of the molecule is CN1C[C@H](Cn2cncn2)C[C@@H]2C3CCCC4NC=C(C[C@H]21)C43. The zero-order valence-electron chi connectivity index (χ0n) is 13.9. The average Bonchev–Trinajstić information content (AvgIpc) is 3.20. The second kappa shape index (κ2) is 5.33. The molecule has 4 aliphatic rings. The second-order valence-corrected chi connectivity index (χ2v) is 8.21. The summed E-state index contributed by atoms with van der Waals surface area (Å²) in [7, 11) is 2.34. The van der Waals surface area contributed by atoms with Crippen molar-refractivity contribution in [1.82, 2.24) is 25.0 Å². The Hall–Kier alpha value is -1.36. The van der Waals surface area contributed by atoms with Crippen LogP contribution in [0.25, 0.3) is 0 Å². The molecular weight excluding hydrogens is 286 g/mol. The van der Waals surface area contributed by atoms with Crippen molar-refractivity contribution < 1.29 is 0 Å². The Bertz CT molecular complexity index is 595. The van der Waals surface area contributed by atoms with E-state index in [1.807, 2.05) is 11.0 Å². The molecule has 6 atom stereocenters. The third-order valence-electron chi connectivity index (χ3n) is 6.98. The molecule has 3 unspecified atom stereocenters. The minimum atomic E-state index is 0.711. The number of likely N-dealkylation sites (tertiary alicyclic amines) is 1. The normalized spacial score (nSPS) is 42.6. The molecule has 5 nitrogen and oxygen atoms in total. The number of piperidine rings is 1. The van der Waals surface area contributed by atoms with Gasteiger partial charge in [0.25, 0.3) is 0 Å². The quantitative estimate of drug-likeness (QED) is 0.906. The Morgan fingerprint density at radius 3 is 3.13 bits per heavy atom. The highest BCUT2D eigenvalue weighted by Crippen LogP contribution is 2.52. The summed E-state index contributed by atoms with van der Waals surface area (Å²) in [5, 5.41) is 8.02. The molecule has 1 N–H and O–H groups in total. The number of hydrogen-bond acceptors (Lipinski definition) is 4. The van der Waals surface area contributed by atoms with Crippen molar-refractivity contribution in [2.24, 2.45) is 23.7 Å². The van der Waals surface area contributed by atoms with E-state index >= 15 is 0 Å². The molecule has 1 aromatic heterocycles. The largest absolute Gasteiger partial charge is 0.388 e. The van der Waals surface area contributed by atoms with E-state index < -0.39 is 0 Å². The Morgan fingerprint density at radius 2 is 2.26 bits per heavy atom. The standard InChI is InChI=1S/C18H27N5/c1-22-8-12(9-23-11-19-10-21-23)5-15-14-3-2-4-16-18(14)13(7-20-16)6-17(15)22/h7,10-12,14-18,20H,2-6,8-9H2,1H3/t12-,14?,15-,16?,17-,18?/m1/s1. The molecule has 124 valence electrons. The summed E-state index contributed by atoms with van der Waals surface area (Å²) in [6.45, 7) is 2.22. The van der Waals surface area contributed by atoms with Crippen LogP contribution in [0.15, 0.2) is 24.4 Å². The summed E-state index contributed by atoms with van der Waals surface area (Å²) in [5.41, 5.74) is 1.72. The number of aromatic nitrogens is 3. The number of hydrogen-bond donors (Lipinski definition) is 1. The van der Waals surface area contributed by atoms with Crippen molar-refractivity contribution in [2.75, 3.05) is 13.6 Å². The predicted octanol–water partition coefficient (Wildman–Crippen LogP) is 1.89. The molecule has 1 saturated heterocycles. The van der Waals surface area contributed by atoms with E-state index in [2.05, 4.69) is 33.5 Å². The summed E-state index contributed by atoms with van der Waals surface area (Å²) in [5.74, 6) is 3.31. The van der Waals surface area contributed by atoms with Gasteiger partial charge < -0.3 is 10.2 Å². The second-order valence-electron chi connectivity index (χ2n) is 8.21. The first-order valence-electron chi connectivity index (χ1n) is 9.27. The molecule has 3 heterocycles. The first kappa shape index (κ1) is 14.0. The molecule has 0 bridgehead atoms. The minimum absolute atomic E-state index is 0.711. The highest BCUT2D eigenvalue weighted by Gasteiger charge is 2.51. The topological polar surface area (TPSA) is 46.0 Å². The number of nitrogens with one attached hydrogen (secondary N) is 1. The fraction of sp³-hybridized carbons (Fsp3) is 0.778. The van der Waals surface area contributed by atoms with Crippen LogP contribution in [0.5, 0.6) is 0 Å². The summed E-state index contributed by atoms with van der Waals surface area (Å²) in [6, 6.07) is 1.50. The van der Waals surface area contributed by atoms with E-state index in [-0.39, 0.29) is 0 Å². The number of rotatable bonds is 2. The molecular formula is C18H27N5. The van der Waals surface area contributed by atoms with Gasteiger partial charge in [0, 0.05) is 31.1 Å². The van der Waals surface area contributed by atoms with Crippen LogP contribution in [-0.2, 0) is 6.54 Å². The summed E-state index contributed by atoms with van der Waals surface area (Å²) in [6.07, 6.45) is 12.8. The lowest BCUT2D eigenvalue weighted by molar-refractivity contribution is -0.0110. The zero-order chi connectivity index (χ0) is 15.4. The van der Waals surface area contributed by atoms with Crippen LogP contribution >= 0.6 is 0 Å². The third-order valence-corrected chi connectivity index (χ3v) is 6.98. The zero-order valence-corrected chi connectivity index (χ0v) is 13.9. The maximum absolute atomic E-state index is 4.32. The van der Waals surface area contributed by atoms with Crippen LogP contribution < -0.4 is 5.32 Å². The summed E-state index contributed by atoms with van der Waals surface area (Å²) in [4.78, 5) is 6.75. The van der Waals surface area contributed by atoms with Gasteiger partial charge in [-0.2, -0.15) is 5.10 Å². The van der Waals surface area contributed by atoms with Crippen molar-refractivity contribution in [3.05, 3.63) is 24.4 Å². The van der Waals surface area contributed by atoms with E-state index in [0.29, 0.717) is 5.92 Å². The van der Waals surface area contributed by atoms with Crippen molar-refractivity contribution >= 4 is 0 Å². The van der Waals surface area contributed by atoms with E-state index in [1.54, 1.807) is 11.9 Å². The molecule has 0 spiro atoms. The molecule has 5 rings (SSSR count). The molecule has 0 aromatic carbocycles. The van der Waals surface area contributed by atoms with E-state index in [0.717, 1.165) is 36.4 Å². The Balaban J connectivity index is 1.39. The summed E-state index contributed by atoms with van der Waals surface area (Å²) >= 11 is 0. The van der Waals surface area contributed by atoms with Gasteiger partial charge in [0.05, 0.1) is 0 Å². The van der Waals surface area contributed by atoms with Crippen LogP contribution in [0.2, 0.25) is 0 Å². The monoisotopic (exact) mass is 313 g/mol. The number of nitrogens with zero attached hydrogens (tertiary/aromatic N) is 4. The predicted molar refractivity (Wildman–Crippen MR) is 88.5 cm³/mol. The van der Waals surface area contributed by atoms with Gasteiger partial charge in [-0.05, 0) is 62.3 Å². The van der Waals surface area contributed by atoms with Gasteiger partial charge in [-0.1, -0.05) is 6.42 Å². The highest BCUT2D eigenvalue weighted by atomic mass is 15.3. The number of fused-ring (bicyclic) bond motifs is 2. The third kappa shape index (κ3) is 2.24. The van der Waals surface area contributed by atoms with E-state index in [9.17, 15) is 0 Å². The van der Waals surface area contributed by atoms with Crippen LogP contribution in [0.3, 0.4) is 0 Å². The Labute approximate surface area is 138 Å². The van der Waals surface area contributed by atoms with Gasteiger partial charge in [-0.3, -0.25) is 4.68 Å². The molecule has 23 heavy (non-hydrogen) atoms. The first-order valence-corrected chi connectivity index (χ1v) is 9.27. The lowest BCUT2D eigenvalue weighted by atomic mass is 9.58. The fourth-order valence-electron chi connectivity index (χ4n) is 6.16. The van der Waals surface area contributed by atoms with Crippen molar-refractivity contribution in [3.8, 4) is 0 Å².